The van der Waals surface area contributed by atoms with Gasteiger partial charge in [-0.15, -0.1) is 0 Å². The van der Waals surface area contributed by atoms with E-state index in [1.54, 1.807) is 6.92 Å². The van der Waals surface area contributed by atoms with Crippen molar-refractivity contribution in [3.05, 3.63) is 47.7 Å². The second-order valence-corrected chi connectivity index (χ2v) is 4.86. The minimum atomic E-state index is -0.551. The highest BCUT2D eigenvalue weighted by molar-refractivity contribution is 5.65. The van der Waals surface area contributed by atoms with Crippen molar-refractivity contribution in [2.75, 3.05) is 19.0 Å². The lowest BCUT2D eigenvalue weighted by Crippen LogP contribution is -2.31. The second-order valence-electron chi connectivity index (χ2n) is 4.86. The lowest BCUT2D eigenvalue weighted by atomic mass is 10.0. The van der Waals surface area contributed by atoms with Gasteiger partial charge in [-0.25, -0.2) is 13.3 Å². The molecule has 1 heterocycles. The highest BCUT2D eigenvalue weighted by Crippen LogP contribution is 2.27. The molecule has 0 aliphatic carbocycles. The maximum atomic E-state index is 14.0. The average molecular weight is 263 g/mol. The summed E-state index contributed by atoms with van der Waals surface area (Å²) in [5.74, 6) is -1.09. The smallest absolute Gasteiger partial charge is 0.217 e. The molecular weight excluding hydrogens is 246 g/mol. The molecule has 2 aromatic rings. The highest BCUT2D eigenvalue weighted by atomic mass is 19.1. The van der Waals surface area contributed by atoms with E-state index in [0.29, 0.717) is 11.1 Å². The number of rotatable bonds is 2. The van der Waals surface area contributed by atoms with Crippen molar-refractivity contribution in [3.63, 3.8) is 0 Å². The molecule has 2 rings (SSSR count). The van der Waals surface area contributed by atoms with Crippen LogP contribution in [-0.4, -0.2) is 14.1 Å². The third-order valence-corrected chi connectivity index (χ3v) is 3.16. The molecule has 100 valence electrons. The van der Waals surface area contributed by atoms with Crippen LogP contribution in [0.25, 0.3) is 11.3 Å². The van der Waals surface area contributed by atoms with Crippen LogP contribution in [-0.2, 0) is 7.05 Å². The van der Waals surface area contributed by atoms with Gasteiger partial charge in [0.25, 0.3) is 0 Å². The molecule has 1 aromatic carbocycles. The molecule has 4 heteroatoms. The highest BCUT2D eigenvalue weighted by Gasteiger charge is 2.19. The topological polar surface area (TPSA) is 7.12 Å². The third-order valence-electron chi connectivity index (χ3n) is 3.16. The first-order chi connectivity index (χ1) is 8.90. The standard InChI is InChI=1S/C15H17F2N2/c1-10-7-11(16)8-13(17)15(10)14-9-12(18(2)3)5-6-19(14)4/h5-9H,1-4H3/q+1. The van der Waals surface area contributed by atoms with E-state index in [2.05, 4.69) is 0 Å². The molecule has 19 heavy (non-hydrogen) atoms. The van der Waals surface area contributed by atoms with Crippen molar-refractivity contribution < 1.29 is 13.3 Å². The summed E-state index contributed by atoms with van der Waals surface area (Å²) in [4.78, 5) is 1.94. The van der Waals surface area contributed by atoms with Gasteiger partial charge in [-0.2, -0.15) is 0 Å². The number of aryl methyl sites for hydroxylation is 2. The van der Waals surface area contributed by atoms with Crippen LogP contribution in [0.3, 0.4) is 0 Å². The molecule has 0 saturated heterocycles. The van der Waals surface area contributed by atoms with Crippen LogP contribution in [0.15, 0.2) is 30.5 Å². The Bertz CT molecular complexity index is 599. The number of nitrogens with zero attached hydrogens (tertiary/aromatic N) is 2. The predicted molar refractivity (Wildman–Crippen MR) is 72.0 cm³/mol. The molecule has 0 unspecified atom stereocenters. The van der Waals surface area contributed by atoms with Gasteiger partial charge in [-0.1, -0.05) is 0 Å². The zero-order valence-corrected chi connectivity index (χ0v) is 11.5. The van der Waals surface area contributed by atoms with Crippen molar-refractivity contribution >= 4 is 5.69 Å². The first-order valence-electron chi connectivity index (χ1n) is 6.03. The minimum Gasteiger partial charge on any atom is -0.377 e. The van der Waals surface area contributed by atoms with E-state index in [-0.39, 0.29) is 0 Å². The van der Waals surface area contributed by atoms with E-state index in [1.807, 2.05) is 48.9 Å². The van der Waals surface area contributed by atoms with Gasteiger partial charge in [-0.3, -0.25) is 0 Å². The first-order valence-corrected chi connectivity index (χ1v) is 6.03. The summed E-state index contributed by atoms with van der Waals surface area (Å²) in [6, 6.07) is 6.11. The van der Waals surface area contributed by atoms with Crippen LogP contribution in [0.2, 0.25) is 0 Å². The molecule has 0 bridgehead atoms. The van der Waals surface area contributed by atoms with Crippen molar-refractivity contribution in [3.8, 4) is 11.3 Å². The molecule has 0 radical (unpaired) electrons. The lowest BCUT2D eigenvalue weighted by molar-refractivity contribution is -0.660. The monoisotopic (exact) mass is 263 g/mol. The van der Waals surface area contributed by atoms with E-state index in [1.165, 1.54) is 6.07 Å². The normalized spacial score (nSPS) is 10.6. The maximum Gasteiger partial charge on any atom is 0.217 e. The SMILES string of the molecule is Cc1cc(F)cc(F)c1-c1cc(N(C)C)cc[n+]1C. The maximum absolute atomic E-state index is 14.0. The Balaban J connectivity index is 2.68. The summed E-state index contributed by atoms with van der Waals surface area (Å²) < 4.78 is 29.0. The van der Waals surface area contributed by atoms with Gasteiger partial charge in [0.2, 0.25) is 5.69 Å². The fraction of sp³-hybridized carbons (Fsp3) is 0.267. The Hall–Kier alpha value is -1.97. The molecular formula is C15H17F2N2+. The quantitative estimate of drug-likeness (QED) is 0.756. The molecule has 0 aliphatic heterocycles. The lowest BCUT2D eigenvalue weighted by Gasteiger charge is -2.13. The number of aromatic nitrogens is 1. The van der Waals surface area contributed by atoms with Crippen molar-refractivity contribution in [2.24, 2.45) is 7.05 Å². The molecule has 0 aliphatic rings. The van der Waals surface area contributed by atoms with E-state index in [4.69, 9.17) is 0 Å². The molecule has 0 amide bonds. The van der Waals surface area contributed by atoms with Crippen LogP contribution < -0.4 is 9.47 Å². The predicted octanol–water partition coefficient (Wildman–Crippen LogP) is 2.83. The van der Waals surface area contributed by atoms with Gasteiger partial charge < -0.3 is 4.90 Å². The Kier molecular flexibility index (Phi) is 3.51. The van der Waals surface area contributed by atoms with Gasteiger partial charge >= 0.3 is 0 Å². The Morgan fingerprint density at radius 3 is 2.37 bits per heavy atom. The van der Waals surface area contributed by atoms with Crippen LogP contribution in [0.1, 0.15) is 5.56 Å². The van der Waals surface area contributed by atoms with E-state index in [0.717, 1.165) is 17.4 Å². The fourth-order valence-corrected chi connectivity index (χ4v) is 2.11. The number of anilines is 1. The summed E-state index contributed by atoms with van der Waals surface area (Å²) >= 11 is 0. The van der Waals surface area contributed by atoms with E-state index in [9.17, 15) is 8.78 Å². The zero-order valence-electron chi connectivity index (χ0n) is 11.5. The van der Waals surface area contributed by atoms with Crippen molar-refractivity contribution in [1.82, 2.24) is 0 Å². The third kappa shape index (κ3) is 2.57. The number of benzene rings is 1. The molecule has 0 spiro atoms. The summed E-state index contributed by atoms with van der Waals surface area (Å²) in [6.45, 7) is 1.71. The van der Waals surface area contributed by atoms with Crippen LogP contribution in [0, 0.1) is 18.6 Å². The molecule has 0 saturated carbocycles. The number of pyridine rings is 1. The molecule has 1 aromatic heterocycles. The summed E-state index contributed by atoms with van der Waals surface area (Å²) in [5.41, 5.74) is 2.72. The first kappa shape index (κ1) is 13.5. The van der Waals surface area contributed by atoms with Gasteiger partial charge in [0.05, 0.1) is 5.56 Å². The number of halogens is 2. The van der Waals surface area contributed by atoms with Crippen LogP contribution in [0.5, 0.6) is 0 Å². The zero-order chi connectivity index (χ0) is 14.2. The van der Waals surface area contributed by atoms with Crippen molar-refractivity contribution in [1.29, 1.82) is 0 Å². The fourth-order valence-electron chi connectivity index (χ4n) is 2.11. The molecule has 0 N–H and O–H groups in total. The number of hydrogen-bond acceptors (Lipinski definition) is 1. The minimum absolute atomic E-state index is 0.438. The molecule has 0 atom stereocenters. The summed E-state index contributed by atoms with van der Waals surface area (Å²) in [6.07, 6.45) is 1.87. The largest absolute Gasteiger partial charge is 0.377 e. The van der Waals surface area contributed by atoms with Crippen LogP contribution >= 0.6 is 0 Å². The van der Waals surface area contributed by atoms with Crippen LogP contribution in [0.4, 0.5) is 14.5 Å². The molecule has 0 fully saturated rings. The van der Waals surface area contributed by atoms with Gasteiger partial charge in [0.1, 0.15) is 18.7 Å². The summed E-state index contributed by atoms with van der Waals surface area (Å²) in [5, 5.41) is 0. The Morgan fingerprint density at radius 2 is 1.79 bits per heavy atom. The van der Waals surface area contributed by atoms with E-state index < -0.39 is 11.6 Å². The van der Waals surface area contributed by atoms with Gasteiger partial charge in [-0.05, 0) is 18.6 Å². The molecule has 2 nitrogen and oxygen atoms in total. The average Bonchev–Trinajstić information content (AvgIpc) is 2.29. The van der Waals surface area contributed by atoms with E-state index >= 15 is 0 Å². The summed E-state index contributed by atoms with van der Waals surface area (Å²) in [7, 11) is 5.69. The Labute approximate surface area is 111 Å². The van der Waals surface area contributed by atoms with Gasteiger partial charge in [0, 0.05) is 38.0 Å². The Morgan fingerprint density at radius 1 is 1.11 bits per heavy atom. The second kappa shape index (κ2) is 4.96. The number of hydrogen-bond donors (Lipinski definition) is 0. The van der Waals surface area contributed by atoms with Gasteiger partial charge in [0.15, 0.2) is 6.20 Å². The van der Waals surface area contributed by atoms with Crippen molar-refractivity contribution in [2.45, 2.75) is 6.92 Å².